The number of benzene rings is 2. The van der Waals surface area contributed by atoms with Gasteiger partial charge in [-0.15, -0.1) is 10.2 Å². The number of thioether (sulfide) groups is 1. The first-order chi connectivity index (χ1) is 14.0. The second-order valence-corrected chi connectivity index (χ2v) is 7.51. The van der Waals surface area contributed by atoms with Crippen molar-refractivity contribution in [2.75, 3.05) is 20.0 Å². The molecule has 0 saturated carbocycles. The van der Waals surface area contributed by atoms with E-state index >= 15 is 0 Å². The van der Waals surface area contributed by atoms with Gasteiger partial charge in [0.1, 0.15) is 11.5 Å². The van der Waals surface area contributed by atoms with Crippen LogP contribution in [-0.2, 0) is 0 Å². The van der Waals surface area contributed by atoms with Crippen molar-refractivity contribution in [3.63, 3.8) is 0 Å². The molecule has 0 aliphatic carbocycles. The van der Waals surface area contributed by atoms with Crippen molar-refractivity contribution in [3.8, 4) is 23.0 Å². The lowest BCUT2D eigenvalue weighted by Crippen LogP contribution is -2.03. The highest BCUT2D eigenvalue weighted by atomic mass is 32.2. The molecular weight excluding hydrogens is 388 g/mol. The fourth-order valence-corrected chi connectivity index (χ4v) is 3.45. The third-order valence-corrected chi connectivity index (χ3v) is 5.60. The molecule has 0 fully saturated rings. The molecule has 3 rings (SSSR count). The van der Waals surface area contributed by atoms with E-state index in [1.807, 2.05) is 24.3 Å². The summed E-state index contributed by atoms with van der Waals surface area (Å²) < 4.78 is 16.3. The maximum atomic E-state index is 12.5. The Morgan fingerprint density at radius 3 is 2.52 bits per heavy atom. The lowest BCUT2D eigenvalue weighted by molar-refractivity contribution is 0.102. The zero-order valence-electron chi connectivity index (χ0n) is 17.0. The molecule has 6 nitrogen and oxygen atoms in total. The predicted octanol–water partition coefficient (Wildman–Crippen LogP) is 5.24. The highest BCUT2D eigenvalue weighted by Crippen LogP contribution is 2.33. The van der Waals surface area contributed by atoms with Gasteiger partial charge in [-0.2, -0.15) is 0 Å². The summed E-state index contributed by atoms with van der Waals surface area (Å²) >= 11 is 1.22. The van der Waals surface area contributed by atoms with Crippen molar-refractivity contribution in [2.45, 2.75) is 31.4 Å². The van der Waals surface area contributed by atoms with Gasteiger partial charge in [0.05, 0.1) is 25.5 Å². The van der Waals surface area contributed by atoms with Gasteiger partial charge in [-0.25, -0.2) is 0 Å². The average Bonchev–Trinajstić information content (AvgIpc) is 3.25. The Balaban J connectivity index is 1.65. The molecule has 0 bridgehead atoms. The first-order valence-corrected chi connectivity index (χ1v) is 10.4. The number of hydrogen-bond acceptors (Lipinski definition) is 7. The van der Waals surface area contributed by atoms with Gasteiger partial charge in [0.2, 0.25) is 0 Å². The topological polar surface area (TPSA) is 74.5 Å². The normalized spacial score (nSPS) is 11.9. The van der Waals surface area contributed by atoms with Crippen LogP contribution in [0.1, 0.15) is 42.1 Å². The van der Waals surface area contributed by atoms with Gasteiger partial charge in [0, 0.05) is 11.6 Å². The number of ketones is 1. The largest absolute Gasteiger partial charge is 0.497 e. The molecule has 7 heteroatoms. The van der Waals surface area contributed by atoms with Gasteiger partial charge in [0.25, 0.3) is 11.1 Å². The number of carbonyl (C=O) groups is 1. The van der Waals surface area contributed by atoms with Gasteiger partial charge in [-0.1, -0.05) is 49.9 Å². The SMILES string of the molecule is CCC(C)c1ccc(C(=O)CSc2nnc(-c3ccc(OC)cc3OC)o2)cc1. The molecule has 3 aromatic rings. The summed E-state index contributed by atoms with van der Waals surface area (Å²) in [6.07, 6.45) is 1.07. The molecule has 0 spiro atoms. The van der Waals surface area contributed by atoms with Crippen molar-refractivity contribution in [3.05, 3.63) is 53.6 Å². The number of carbonyl (C=O) groups excluding carboxylic acids is 1. The molecule has 29 heavy (non-hydrogen) atoms. The van der Waals surface area contributed by atoms with Crippen LogP contribution in [-0.4, -0.2) is 36.0 Å². The fourth-order valence-electron chi connectivity index (χ4n) is 2.80. The third kappa shape index (κ3) is 4.98. The van der Waals surface area contributed by atoms with Crippen molar-refractivity contribution >= 4 is 17.5 Å². The monoisotopic (exact) mass is 412 g/mol. The van der Waals surface area contributed by atoms with Crippen molar-refractivity contribution in [2.24, 2.45) is 0 Å². The molecule has 0 aliphatic rings. The van der Waals surface area contributed by atoms with Crippen molar-refractivity contribution in [1.82, 2.24) is 10.2 Å². The van der Waals surface area contributed by atoms with Crippen LogP contribution in [0.25, 0.3) is 11.5 Å². The Bertz CT molecular complexity index is 969. The van der Waals surface area contributed by atoms with Crippen LogP contribution in [0.3, 0.4) is 0 Å². The zero-order valence-corrected chi connectivity index (χ0v) is 17.8. The minimum absolute atomic E-state index is 0.0208. The second-order valence-electron chi connectivity index (χ2n) is 6.58. The van der Waals surface area contributed by atoms with E-state index in [1.54, 1.807) is 32.4 Å². The van der Waals surface area contributed by atoms with Gasteiger partial charge in [-0.3, -0.25) is 4.79 Å². The van der Waals surface area contributed by atoms with E-state index in [0.29, 0.717) is 39.7 Å². The van der Waals surface area contributed by atoms with Crippen molar-refractivity contribution < 1.29 is 18.7 Å². The van der Waals surface area contributed by atoms with Gasteiger partial charge in [-0.05, 0) is 30.0 Å². The minimum atomic E-state index is 0.0208. The standard InChI is InChI=1S/C22H24N2O4S/c1-5-14(2)15-6-8-16(9-7-15)19(25)13-29-22-24-23-21(28-22)18-11-10-17(26-3)12-20(18)27-4/h6-12,14H,5,13H2,1-4H3. The lowest BCUT2D eigenvalue weighted by atomic mass is 9.97. The summed E-state index contributed by atoms with van der Waals surface area (Å²) in [4.78, 5) is 12.5. The predicted molar refractivity (Wildman–Crippen MR) is 113 cm³/mol. The number of aromatic nitrogens is 2. The molecule has 0 N–H and O–H groups in total. The lowest BCUT2D eigenvalue weighted by Gasteiger charge is -2.09. The number of nitrogens with zero attached hydrogens (tertiary/aromatic N) is 2. The van der Waals surface area contributed by atoms with Crippen LogP contribution >= 0.6 is 11.8 Å². The van der Waals surface area contributed by atoms with E-state index in [9.17, 15) is 4.79 Å². The van der Waals surface area contributed by atoms with Gasteiger partial charge in [0.15, 0.2) is 5.78 Å². The highest BCUT2D eigenvalue weighted by molar-refractivity contribution is 7.99. The van der Waals surface area contributed by atoms with Crippen molar-refractivity contribution in [1.29, 1.82) is 0 Å². The Morgan fingerprint density at radius 2 is 1.86 bits per heavy atom. The van der Waals surface area contributed by atoms with E-state index < -0.39 is 0 Å². The van der Waals surface area contributed by atoms with Crippen LogP contribution in [0.15, 0.2) is 52.1 Å². The molecule has 152 valence electrons. The van der Waals surface area contributed by atoms with Gasteiger partial charge >= 0.3 is 0 Å². The Kier molecular flexibility index (Phi) is 6.93. The first kappa shape index (κ1) is 20.9. The summed E-state index contributed by atoms with van der Waals surface area (Å²) in [6.45, 7) is 4.33. The fraction of sp³-hybridized carbons (Fsp3) is 0.318. The first-order valence-electron chi connectivity index (χ1n) is 9.37. The minimum Gasteiger partial charge on any atom is -0.497 e. The van der Waals surface area contributed by atoms with Crippen LogP contribution < -0.4 is 9.47 Å². The highest BCUT2D eigenvalue weighted by Gasteiger charge is 2.16. The quantitative estimate of drug-likeness (QED) is 0.351. The molecule has 0 amide bonds. The molecule has 1 aromatic heterocycles. The van der Waals surface area contributed by atoms with Gasteiger partial charge < -0.3 is 13.9 Å². The number of methoxy groups -OCH3 is 2. The summed E-state index contributed by atoms with van der Waals surface area (Å²) in [5.74, 6) is 2.31. The molecule has 2 aromatic carbocycles. The van der Waals surface area contributed by atoms with Crippen LogP contribution in [0.2, 0.25) is 0 Å². The van der Waals surface area contributed by atoms with E-state index in [0.717, 1.165) is 6.42 Å². The zero-order chi connectivity index (χ0) is 20.8. The summed E-state index contributed by atoms with van der Waals surface area (Å²) in [7, 11) is 3.15. The summed E-state index contributed by atoms with van der Waals surface area (Å²) in [5.41, 5.74) is 2.59. The molecule has 0 aliphatic heterocycles. The number of hydrogen-bond donors (Lipinski definition) is 0. The Morgan fingerprint density at radius 1 is 1.10 bits per heavy atom. The smallest absolute Gasteiger partial charge is 0.277 e. The van der Waals surface area contributed by atoms with E-state index in [4.69, 9.17) is 13.9 Å². The van der Waals surface area contributed by atoms with E-state index in [1.165, 1.54) is 17.3 Å². The van der Waals surface area contributed by atoms with Crippen LogP contribution in [0.4, 0.5) is 0 Å². The Labute approximate surface area is 174 Å². The maximum absolute atomic E-state index is 12.5. The molecule has 1 atom stereocenters. The van der Waals surface area contributed by atoms with E-state index in [-0.39, 0.29) is 11.5 Å². The van der Waals surface area contributed by atoms with Crippen LogP contribution in [0, 0.1) is 0 Å². The second kappa shape index (κ2) is 9.60. The third-order valence-electron chi connectivity index (χ3n) is 4.79. The molecule has 0 radical (unpaired) electrons. The average molecular weight is 413 g/mol. The molecule has 0 saturated heterocycles. The number of Topliss-reactive ketones (excluding diaryl/α,β-unsaturated/α-hetero) is 1. The number of rotatable bonds is 9. The van der Waals surface area contributed by atoms with Crippen LogP contribution in [0.5, 0.6) is 11.5 Å². The molecular formula is C22H24N2O4S. The molecule has 1 heterocycles. The summed E-state index contributed by atoms with van der Waals surface area (Å²) in [5, 5.41) is 8.44. The Hall–Kier alpha value is -2.80. The summed E-state index contributed by atoms with van der Waals surface area (Å²) in [6, 6.07) is 13.1. The maximum Gasteiger partial charge on any atom is 0.277 e. The number of ether oxygens (including phenoxy) is 2. The van der Waals surface area contributed by atoms with E-state index in [2.05, 4.69) is 24.0 Å². The molecule has 1 unspecified atom stereocenters.